The minimum atomic E-state index is -0.615. The number of amides is 1. The molecule has 0 atom stereocenters. The van der Waals surface area contributed by atoms with Crippen molar-refractivity contribution in [2.75, 3.05) is 37.0 Å². The first-order chi connectivity index (χ1) is 15.5. The maximum Gasteiger partial charge on any atom is 0.350 e. The molecule has 2 aromatic heterocycles. The summed E-state index contributed by atoms with van der Waals surface area (Å²) in [4.78, 5) is 47.4. The van der Waals surface area contributed by atoms with Gasteiger partial charge in [-0.2, -0.15) is 0 Å². The number of benzene rings is 1. The second kappa shape index (κ2) is 11.0. The van der Waals surface area contributed by atoms with Gasteiger partial charge in [0, 0.05) is 24.3 Å². The number of hydrogen-bond donors (Lipinski definition) is 1. The van der Waals surface area contributed by atoms with Crippen molar-refractivity contribution >= 4 is 40.8 Å². The van der Waals surface area contributed by atoms with Crippen molar-refractivity contribution in [2.24, 2.45) is 0 Å². The van der Waals surface area contributed by atoms with Crippen LogP contribution in [0.15, 0.2) is 54.9 Å². The highest BCUT2D eigenvalue weighted by Crippen LogP contribution is 2.35. The van der Waals surface area contributed by atoms with Gasteiger partial charge in [-0.1, -0.05) is 30.3 Å². The van der Waals surface area contributed by atoms with Gasteiger partial charge in [0.05, 0.1) is 12.3 Å². The lowest BCUT2D eigenvalue weighted by molar-refractivity contribution is -0.145. The van der Waals surface area contributed by atoms with Gasteiger partial charge >= 0.3 is 11.9 Å². The number of likely N-dealkylation sites (N-methyl/N-ethyl adjacent to an activating group) is 1. The van der Waals surface area contributed by atoms with Crippen LogP contribution in [0.1, 0.15) is 16.6 Å². The number of ether oxygens (including phenoxy) is 2. The Labute approximate surface area is 189 Å². The van der Waals surface area contributed by atoms with Crippen LogP contribution in [0.4, 0.5) is 11.6 Å². The van der Waals surface area contributed by atoms with Crippen molar-refractivity contribution in [3.05, 3.63) is 59.7 Å². The minimum Gasteiger partial charge on any atom is -0.462 e. The van der Waals surface area contributed by atoms with Gasteiger partial charge in [-0.25, -0.2) is 14.8 Å². The molecule has 166 valence electrons. The summed E-state index contributed by atoms with van der Waals surface area (Å²) in [5, 5.41) is 2.64. The van der Waals surface area contributed by atoms with E-state index >= 15 is 0 Å². The maximum atomic E-state index is 12.4. The number of thiophene rings is 1. The Kier molecular flexibility index (Phi) is 7.87. The molecule has 0 bridgehead atoms. The molecule has 0 aliphatic carbocycles. The predicted octanol–water partition coefficient (Wildman–Crippen LogP) is 3.00. The monoisotopic (exact) mass is 454 g/mol. The number of carbonyl (C=O) groups excluding carboxylic acids is 3. The van der Waals surface area contributed by atoms with Gasteiger partial charge in [-0.05, 0) is 24.6 Å². The summed E-state index contributed by atoms with van der Waals surface area (Å²) in [6.07, 6.45) is 3.12. The van der Waals surface area contributed by atoms with Crippen LogP contribution in [-0.4, -0.2) is 54.6 Å². The van der Waals surface area contributed by atoms with Crippen LogP contribution in [-0.2, 0) is 19.1 Å². The smallest absolute Gasteiger partial charge is 0.350 e. The Bertz CT molecular complexity index is 1070. The molecule has 10 heteroatoms. The van der Waals surface area contributed by atoms with Crippen LogP contribution in [0, 0.1) is 0 Å². The van der Waals surface area contributed by atoms with Gasteiger partial charge < -0.3 is 19.7 Å². The van der Waals surface area contributed by atoms with Gasteiger partial charge in [0.15, 0.2) is 6.61 Å². The minimum absolute atomic E-state index is 0.123. The van der Waals surface area contributed by atoms with Crippen LogP contribution >= 0.6 is 11.3 Å². The van der Waals surface area contributed by atoms with Gasteiger partial charge in [-0.15, -0.1) is 11.3 Å². The van der Waals surface area contributed by atoms with E-state index in [1.54, 1.807) is 38.5 Å². The Hall–Kier alpha value is -3.79. The SMILES string of the molecule is CCOC(=O)c1sc(-c2ccccc2)cc1NC(=O)COC(=O)CN(C)c1ncccn1. The molecule has 0 saturated heterocycles. The topological polar surface area (TPSA) is 111 Å². The standard InChI is InChI=1S/C22H22N4O5S/c1-3-30-21(29)20-16(12-17(32-20)15-8-5-4-6-9-15)25-18(27)14-31-19(28)13-26(2)22-23-10-7-11-24-22/h4-12H,3,13-14H2,1-2H3,(H,25,27). The first-order valence-electron chi connectivity index (χ1n) is 9.78. The Morgan fingerprint density at radius 1 is 1.06 bits per heavy atom. The normalized spacial score (nSPS) is 10.3. The average Bonchev–Trinajstić information content (AvgIpc) is 3.23. The molecule has 0 radical (unpaired) electrons. The van der Waals surface area contributed by atoms with Crippen molar-refractivity contribution in [3.8, 4) is 10.4 Å². The molecule has 1 aromatic carbocycles. The zero-order valence-corrected chi connectivity index (χ0v) is 18.4. The lowest BCUT2D eigenvalue weighted by atomic mass is 10.2. The van der Waals surface area contributed by atoms with E-state index in [1.165, 1.54) is 16.2 Å². The average molecular weight is 455 g/mol. The number of nitrogens with one attached hydrogen (secondary N) is 1. The number of hydrogen-bond acceptors (Lipinski definition) is 9. The fourth-order valence-corrected chi connectivity index (χ4v) is 3.72. The summed E-state index contributed by atoms with van der Waals surface area (Å²) in [5.41, 5.74) is 1.21. The zero-order valence-electron chi connectivity index (χ0n) is 17.6. The van der Waals surface area contributed by atoms with E-state index in [1.807, 2.05) is 30.3 Å². The Morgan fingerprint density at radius 2 is 1.78 bits per heavy atom. The highest BCUT2D eigenvalue weighted by molar-refractivity contribution is 7.18. The number of anilines is 2. The van der Waals surface area contributed by atoms with Gasteiger partial charge in [0.2, 0.25) is 5.95 Å². The highest BCUT2D eigenvalue weighted by Gasteiger charge is 2.21. The van der Waals surface area contributed by atoms with E-state index in [2.05, 4.69) is 15.3 Å². The number of carbonyl (C=O) groups is 3. The predicted molar refractivity (Wildman–Crippen MR) is 121 cm³/mol. The molecule has 1 N–H and O–H groups in total. The molecule has 0 aliphatic heterocycles. The maximum absolute atomic E-state index is 12.4. The number of rotatable bonds is 9. The second-order valence-electron chi connectivity index (χ2n) is 6.55. The van der Waals surface area contributed by atoms with E-state index in [4.69, 9.17) is 9.47 Å². The van der Waals surface area contributed by atoms with Gasteiger partial charge in [-0.3, -0.25) is 9.59 Å². The first-order valence-corrected chi connectivity index (χ1v) is 10.6. The number of esters is 2. The summed E-state index contributed by atoms with van der Waals surface area (Å²) in [6, 6.07) is 12.8. The largest absolute Gasteiger partial charge is 0.462 e. The molecule has 3 rings (SSSR count). The van der Waals surface area contributed by atoms with E-state index < -0.39 is 24.5 Å². The van der Waals surface area contributed by atoms with Crippen molar-refractivity contribution in [1.29, 1.82) is 0 Å². The van der Waals surface area contributed by atoms with Crippen LogP contribution in [0.3, 0.4) is 0 Å². The quantitative estimate of drug-likeness (QED) is 0.491. The van der Waals surface area contributed by atoms with Crippen LogP contribution < -0.4 is 10.2 Å². The summed E-state index contributed by atoms with van der Waals surface area (Å²) in [7, 11) is 1.64. The molecule has 0 unspecified atom stereocenters. The molecule has 0 saturated carbocycles. The molecule has 0 spiro atoms. The van der Waals surface area contributed by atoms with E-state index in [0.29, 0.717) is 11.6 Å². The number of aromatic nitrogens is 2. The fraction of sp³-hybridized carbons (Fsp3) is 0.227. The summed E-state index contributed by atoms with van der Waals surface area (Å²) >= 11 is 1.22. The molecule has 2 heterocycles. The molecule has 32 heavy (non-hydrogen) atoms. The summed E-state index contributed by atoms with van der Waals surface area (Å²) in [5.74, 6) is -1.35. The van der Waals surface area contributed by atoms with Crippen molar-refractivity contribution in [1.82, 2.24) is 9.97 Å². The lowest BCUT2D eigenvalue weighted by Gasteiger charge is -2.15. The van der Waals surface area contributed by atoms with Crippen LogP contribution in [0.25, 0.3) is 10.4 Å². The summed E-state index contributed by atoms with van der Waals surface area (Å²) < 4.78 is 10.1. The third-order valence-corrected chi connectivity index (χ3v) is 5.31. The Balaban J connectivity index is 1.62. The lowest BCUT2D eigenvalue weighted by Crippen LogP contribution is -2.30. The molecule has 0 fully saturated rings. The molecule has 9 nitrogen and oxygen atoms in total. The van der Waals surface area contributed by atoms with Crippen molar-refractivity contribution < 1.29 is 23.9 Å². The van der Waals surface area contributed by atoms with Crippen molar-refractivity contribution in [3.63, 3.8) is 0 Å². The fourth-order valence-electron chi connectivity index (χ4n) is 2.71. The summed E-state index contributed by atoms with van der Waals surface area (Å²) in [6.45, 7) is 1.29. The molecule has 0 aliphatic rings. The van der Waals surface area contributed by atoms with Crippen molar-refractivity contribution in [2.45, 2.75) is 6.92 Å². The van der Waals surface area contributed by atoms with Gasteiger partial charge in [0.25, 0.3) is 5.91 Å². The molecular formula is C22H22N4O5S. The molecular weight excluding hydrogens is 432 g/mol. The third-order valence-electron chi connectivity index (χ3n) is 4.15. The highest BCUT2D eigenvalue weighted by atomic mass is 32.1. The van der Waals surface area contributed by atoms with E-state index in [9.17, 15) is 14.4 Å². The van der Waals surface area contributed by atoms with Crippen LogP contribution in [0.5, 0.6) is 0 Å². The zero-order chi connectivity index (χ0) is 22.9. The third kappa shape index (κ3) is 6.11. The first kappa shape index (κ1) is 22.9. The molecule has 1 amide bonds. The van der Waals surface area contributed by atoms with E-state index in [0.717, 1.165) is 10.4 Å². The van der Waals surface area contributed by atoms with E-state index in [-0.39, 0.29) is 18.0 Å². The molecule has 3 aromatic rings. The second-order valence-corrected chi connectivity index (χ2v) is 7.61. The van der Waals surface area contributed by atoms with Gasteiger partial charge in [0.1, 0.15) is 11.4 Å². The Morgan fingerprint density at radius 3 is 2.47 bits per heavy atom. The number of nitrogens with zero attached hydrogens (tertiary/aromatic N) is 3. The van der Waals surface area contributed by atoms with Crippen LogP contribution in [0.2, 0.25) is 0 Å².